The summed E-state index contributed by atoms with van der Waals surface area (Å²) in [6, 6.07) is 3.58. The summed E-state index contributed by atoms with van der Waals surface area (Å²) in [7, 11) is 0. The second kappa shape index (κ2) is 8.73. The van der Waals surface area contributed by atoms with E-state index in [0.717, 1.165) is 18.5 Å². The Hall–Kier alpha value is -1.62. The number of anilines is 1. The molecule has 0 bridgehead atoms. The highest BCUT2D eigenvalue weighted by Gasteiger charge is 2.33. The molecule has 1 aromatic rings. The highest BCUT2D eigenvalue weighted by molar-refractivity contribution is 5.97. The van der Waals surface area contributed by atoms with Crippen LogP contribution in [0, 0.1) is 6.92 Å². The molecule has 0 aliphatic rings. The minimum atomic E-state index is -0.810. The maximum absolute atomic E-state index is 12.6. The van der Waals surface area contributed by atoms with Crippen LogP contribution in [-0.4, -0.2) is 29.7 Å². The van der Waals surface area contributed by atoms with E-state index in [9.17, 15) is 4.79 Å². The van der Waals surface area contributed by atoms with Gasteiger partial charge in [0.2, 0.25) is 5.88 Å². The summed E-state index contributed by atoms with van der Waals surface area (Å²) in [6.07, 6.45) is 2.68. The van der Waals surface area contributed by atoms with Gasteiger partial charge in [-0.25, -0.2) is 4.98 Å². The number of nitrogens with zero attached hydrogens (tertiary/aromatic N) is 1. The third-order valence-corrected chi connectivity index (χ3v) is 3.55. The van der Waals surface area contributed by atoms with Gasteiger partial charge in [0, 0.05) is 12.7 Å². The maximum atomic E-state index is 12.6. The number of hydrogen-bond acceptors (Lipinski definition) is 4. The molecule has 0 unspecified atom stereocenters. The number of hydrogen-bond donors (Lipinski definition) is 1. The predicted molar refractivity (Wildman–Crippen MR) is 88.3 cm³/mol. The first-order valence-corrected chi connectivity index (χ1v) is 8.02. The monoisotopic (exact) mass is 308 g/mol. The molecule has 0 radical (unpaired) electrons. The molecule has 0 saturated heterocycles. The van der Waals surface area contributed by atoms with Gasteiger partial charge in [-0.1, -0.05) is 19.8 Å². The van der Waals surface area contributed by atoms with E-state index in [2.05, 4.69) is 17.2 Å². The molecule has 124 valence electrons. The van der Waals surface area contributed by atoms with Crippen molar-refractivity contribution in [2.24, 2.45) is 0 Å². The van der Waals surface area contributed by atoms with Gasteiger partial charge in [0.15, 0.2) is 0 Å². The van der Waals surface area contributed by atoms with Gasteiger partial charge in [-0.2, -0.15) is 0 Å². The van der Waals surface area contributed by atoms with E-state index in [4.69, 9.17) is 9.47 Å². The van der Waals surface area contributed by atoms with Crippen LogP contribution in [-0.2, 0) is 9.53 Å². The van der Waals surface area contributed by atoms with E-state index in [0.29, 0.717) is 31.2 Å². The fraction of sp³-hybridized carbons (Fsp3) is 0.647. The molecule has 0 saturated carbocycles. The highest BCUT2D eigenvalue weighted by Crippen LogP contribution is 2.23. The molecule has 5 nitrogen and oxygen atoms in total. The minimum absolute atomic E-state index is 0.128. The molecule has 0 aliphatic carbocycles. The largest absolute Gasteiger partial charge is 0.478 e. The topological polar surface area (TPSA) is 60.5 Å². The van der Waals surface area contributed by atoms with Crippen LogP contribution in [0.15, 0.2) is 12.1 Å². The Morgan fingerprint density at radius 1 is 1.27 bits per heavy atom. The minimum Gasteiger partial charge on any atom is -0.478 e. The van der Waals surface area contributed by atoms with Crippen molar-refractivity contribution in [3.8, 4) is 5.88 Å². The molecule has 0 spiro atoms. The smallest absolute Gasteiger partial charge is 0.256 e. The second-order valence-corrected chi connectivity index (χ2v) is 5.44. The molecule has 1 rings (SSSR count). The molecule has 1 aromatic heterocycles. The third kappa shape index (κ3) is 4.98. The van der Waals surface area contributed by atoms with Gasteiger partial charge in [-0.3, -0.25) is 4.79 Å². The number of aryl methyl sites for hydroxylation is 1. The van der Waals surface area contributed by atoms with E-state index in [1.807, 2.05) is 33.8 Å². The van der Waals surface area contributed by atoms with Crippen molar-refractivity contribution in [2.45, 2.75) is 59.5 Å². The van der Waals surface area contributed by atoms with E-state index < -0.39 is 5.60 Å². The number of ether oxygens (including phenoxy) is 2. The standard InChI is InChI=1S/C17H28N2O3/c1-6-9-12-17(5,22-8-3)16(20)19-14-10-11-15(21-7-2)18-13(14)4/h10-11H,6-9,12H2,1-5H3,(H,19,20)/t17-/m0/s1. The lowest BCUT2D eigenvalue weighted by Gasteiger charge is -2.28. The Kier molecular flexibility index (Phi) is 7.32. The van der Waals surface area contributed by atoms with Gasteiger partial charge in [0.05, 0.1) is 18.0 Å². The first-order chi connectivity index (χ1) is 10.5. The zero-order chi connectivity index (χ0) is 16.6. The van der Waals surface area contributed by atoms with Gasteiger partial charge in [-0.05, 0) is 40.2 Å². The second-order valence-electron chi connectivity index (χ2n) is 5.44. The van der Waals surface area contributed by atoms with E-state index in [1.165, 1.54) is 0 Å². The van der Waals surface area contributed by atoms with Crippen molar-refractivity contribution in [2.75, 3.05) is 18.5 Å². The summed E-state index contributed by atoms with van der Waals surface area (Å²) in [6.45, 7) is 10.7. The van der Waals surface area contributed by atoms with Crippen LogP contribution in [0.2, 0.25) is 0 Å². The molecule has 0 fully saturated rings. The first kappa shape index (κ1) is 18.4. The van der Waals surface area contributed by atoms with Gasteiger partial charge >= 0.3 is 0 Å². The van der Waals surface area contributed by atoms with Gasteiger partial charge in [0.25, 0.3) is 5.91 Å². The summed E-state index contributed by atoms with van der Waals surface area (Å²) < 4.78 is 11.1. The van der Waals surface area contributed by atoms with E-state index in [1.54, 1.807) is 6.07 Å². The summed E-state index contributed by atoms with van der Waals surface area (Å²) in [4.78, 5) is 16.9. The Labute approximate surface area is 133 Å². The predicted octanol–water partition coefficient (Wildman–Crippen LogP) is 3.71. The summed E-state index contributed by atoms with van der Waals surface area (Å²) in [5, 5.41) is 2.93. The Balaban J connectivity index is 2.84. The van der Waals surface area contributed by atoms with E-state index in [-0.39, 0.29) is 5.91 Å². The molecule has 1 N–H and O–H groups in total. The Morgan fingerprint density at radius 3 is 2.55 bits per heavy atom. The molecule has 1 atom stereocenters. The lowest BCUT2D eigenvalue weighted by molar-refractivity contribution is -0.139. The first-order valence-electron chi connectivity index (χ1n) is 8.02. The van der Waals surface area contributed by atoms with Crippen molar-refractivity contribution in [3.63, 3.8) is 0 Å². The Bertz CT molecular complexity index is 491. The average molecular weight is 308 g/mol. The van der Waals surface area contributed by atoms with Gasteiger partial charge in [0.1, 0.15) is 5.60 Å². The zero-order valence-electron chi connectivity index (χ0n) is 14.4. The number of amides is 1. The third-order valence-electron chi connectivity index (χ3n) is 3.55. The number of unbranched alkanes of at least 4 members (excludes halogenated alkanes) is 1. The number of pyridine rings is 1. The molecular weight excluding hydrogens is 280 g/mol. The average Bonchev–Trinajstić information content (AvgIpc) is 2.48. The lowest BCUT2D eigenvalue weighted by Crippen LogP contribution is -2.43. The van der Waals surface area contributed by atoms with Crippen LogP contribution in [0.1, 0.15) is 52.7 Å². The van der Waals surface area contributed by atoms with Crippen molar-refractivity contribution in [3.05, 3.63) is 17.8 Å². The van der Waals surface area contributed by atoms with Crippen LogP contribution in [0.3, 0.4) is 0 Å². The molecular formula is C17H28N2O3. The molecule has 5 heteroatoms. The summed E-state index contributed by atoms with van der Waals surface area (Å²) in [5.74, 6) is 0.438. The Morgan fingerprint density at radius 2 is 2.00 bits per heavy atom. The van der Waals surface area contributed by atoms with Crippen molar-refractivity contribution in [1.29, 1.82) is 0 Å². The van der Waals surface area contributed by atoms with Gasteiger partial charge in [-0.15, -0.1) is 0 Å². The van der Waals surface area contributed by atoms with Crippen LogP contribution in [0.25, 0.3) is 0 Å². The number of nitrogens with one attached hydrogen (secondary N) is 1. The number of rotatable bonds is 9. The van der Waals surface area contributed by atoms with Crippen molar-refractivity contribution >= 4 is 11.6 Å². The van der Waals surface area contributed by atoms with E-state index >= 15 is 0 Å². The fourth-order valence-corrected chi connectivity index (χ4v) is 2.24. The molecule has 22 heavy (non-hydrogen) atoms. The summed E-state index contributed by atoms with van der Waals surface area (Å²) in [5.41, 5.74) is 0.611. The lowest BCUT2D eigenvalue weighted by atomic mass is 9.97. The molecule has 0 aromatic carbocycles. The SMILES string of the molecule is CCCC[C@](C)(OCC)C(=O)Nc1ccc(OCC)nc1C. The van der Waals surface area contributed by atoms with Crippen molar-refractivity contribution in [1.82, 2.24) is 4.98 Å². The fourth-order valence-electron chi connectivity index (χ4n) is 2.24. The van der Waals surface area contributed by atoms with Crippen molar-refractivity contribution < 1.29 is 14.3 Å². The summed E-state index contributed by atoms with van der Waals surface area (Å²) >= 11 is 0. The molecule has 1 amide bonds. The molecule has 1 heterocycles. The van der Waals surface area contributed by atoms with Crippen LogP contribution >= 0.6 is 0 Å². The number of aromatic nitrogens is 1. The molecule has 0 aliphatic heterocycles. The number of carbonyl (C=O) groups excluding carboxylic acids is 1. The normalized spacial score (nSPS) is 13.5. The van der Waals surface area contributed by atoms with Crippen LogP contribution in [0.5, 0.6) is 5.88 Å². The van der Waals surface area contributed by atoms with Gasteiger partial charge < -0.3 is 14.8 Å². The van der Waals surface area contributed by atoms with Crippen LogP contribution < -0.4 is 10.1 Å². The zero-order valence-corrected chi connectivity index (χ0v) is 14.4. The highest BCUT2D eigenvalue weighted by atomic mass is 16.5. The van der Waals surface area contributed by atoms with Crippen LogP contribution in [0.4, 0.5) is 5.69 Å². The maximum Gasteiger partial charge on any atom is 0.256 e. The quantitative estimate of drug-likeness (QED) is 0.755. The number of carbonyl (C=O) groups is 1.